The van der Waals surface area contributed by atoms with Gasteiger partial charge < -0.3 is 0 Å². The monoisotopic (exact) mass is 281 g/mol. The van der Waals surface area contributed by atoms with E-state index in [-0.39, 0.29) is 11.2 Å². The fourth-order valence-corrected chi connectivity index (χ4v) is 4.53. The van der Waals surface area contributed by atoms with Crippen LogP contribution in [0.1, 0.15) is 56.9 Å². The number of hydrogen-bond donors (Lipinski definition) is 0. The highest BCUT2D eigenvalue weighted by molar-refractivity contribution is 5.94. The molecule has 2 fully saturated rings. The zero-order chi connectivity index (χ0) is 14.7. The van der Waals surface area contributed by atoms with Gasteiger partial charge in [-0.1, -0.05) is 56.0 Å². The normalized spacial score (nSPS) is 30.8. The van der Waals surface area contributed by atoms with E-state index in [1.165, 1.54) is 19.3 Å². The number of nitriles is 1. The van der Waals surface area contributed by atoms with Gasteiger partial charge in [-0.05, 0) is 37.2 Å². The zero-order valence-electron chi connectivity index (χ0n) is 12.6. The molecule has 0 heterocycles. The van der Waals surface area contributed by atoms with Crippen LogP contribution in [-0.2, 0) is 10.2 Å². The number of benzene rings is 1. The Labute approximate surface area is 127 Å². The van der Waals surface area contributed by atoms with Crippen molar-refractivity contribution in [3.63, 3.8) is 0 Å². The SMILES string of the molecule is N#C[C@@H]1CCC[C@@](c2ccccc2)(C2CCCCC2)C1=O. The van der Waals surface area contributed by atoms with E-state index in [0.29, 0.717) is 5.92 Å². The Bertz CT molecular complexity index is 538. The van der Waals surface area contributed by atoms with Gasteiger partial charge in [-0.15, -0.1) is 0 Å². The van der Waals surface area contributed by atoms with E-state index in [4.69, 9.17) is 0 Å². The summed E-state index contributed by atoms with van der Waals surface area (Å²) in [6.07, 6.45) is 8.69. The molecular formula is C19H23NO. The first-order valence-corrected chi connectivity index (χ1v) is 8.28. The lowest BCUT2D eigenvalue weighted by Crippen LogP contribution is -2.49. The minimum Gasteiger partial charge on any atom is -0.297 e. The van der Waals surface area contributed by atoms with Gasteiger partial charge >= 0.3 is 0 Å². The van der Waals surface area contributed by atoms with Crippen LogP contribution in [0.15, 0.2) is 30.3 Å². The average molecular weight is 281 g/mol. The molecule has 2 saturated carbocycles. The highest BCUT2D eigenvalue weighted by atomic mass is 16.1. The summed E-state index contributed by atoms with van der Waals surface area (Å²) in [6.45, 7) is 0. The van der Waals surface area contributed by atoms with Crippen LogP contribution in [0.4, 0.5) is 0 Å². The topological polar surface area (TPSA) is 40.9 Å². The number of ketones is 1. The summed E-state index contributed by atoms with van der Waals surface area (Å²) in [4.78, 5) is 13.2. The van der Waals surface area contributed by atoms with Gasteiger partial charge in [0.05, 0.1) is 11.5 Å². The third-order valence-electron chi connectivity index (χ3n) is 5.57. The summed E-state index contributed by atoms with van der Waals surface area (Å²) in [5.41, 5.74) is 0.766. The molecule has 0 N–H and O–H groups in total. The zero-order valence-corrected chi connectivity index (χ0v) is 12.6. The minimum atomic E-state index is -0.402. The van der Waals surface area contributed by atoms with Gasteiger partial charge in [0.2, 0.25) is 0 Å². The molecule has 1 aromatic carbocycles. The van der Waals surface area contributed by atoms with Crippen LogP contribution >= 0.6 is 0 Å². The van der Waals surface area contributed by atoms with Crippen LogP contribution in [-0.4, -0.2) is 5.78 Å². The largest absolute Gasteiger partial charge is 0.297 e. The maximum atomic E-state index is 13.2. The molecule has 0 unspecified atom stereocenters. The Hall–Kier alpha value is -1.62. The van der Waals surface area contributed by atoms with Gasteiger partial charge in [-0.2, -0.15) is 5.26 Å². The highest BCUT2D eigenvalue weighted by Gasteiger charge is 2.50. The number of rotatable bonds is 2. The molecule has 1 aromatic rings. The highest BCUT2D eigenvalue weighted by Crippen LogP contribution is 2.49. The Morgan fingerprint density at radius 1 is 1.00 bits per heavy atom. The first kappa shape index (κ1) is 14.3. The number of nitrogens with zero attached hydrogens (tertiary/aromatic N) is 1. The van der Waals surface area contributed by atoms with Gasteiger partial charge in [-0.25, -0.2) is 0 Å². The average Bonchev–Trinajstić information content (AvgIpc) is 2.57. The predicted octanol–water partition coefficient (Wildman–Crippen LogP) is 4.40. The van der Waals surface area contributed by atoms with Crippen molar-refractivity contribution in [3.8, 4) is 6.07 Å². The second-order valence-corrected chi connectivity index (χ2v) is 6.61. The van der Waals surface area contributed by atoms with E-state index in [9.17, 15) is 10.1 Å². The maximum absolute atomic E-state index is 13.2. The van der Waals surface area contributed by atoms with Crippen LogP contribution in [0.3, 0.4) is 0 Å². The Morgan fingerprint density at radius 3 is 2.38 bits per heavy atom. The molecule has 0 amide bonds. The number of hydrogen-bond acceptors (Lipinski definition) is 2. The van der Waals surface area contributed by atoms with Crippen molar-refractivity contribution in [2.75, 3.05) is 0 Å². The third kappa shape index (κ3) is 2.39. The molecule has 2 nitrogen and oxygen atoms in total. The van der Waals surface area contributed by atoms with Crippen molar-refractivity contribution in [1.29, 1.82) is 5.26 Å². The molecule has 0 radical (unpaired) electrons. The van der Waals surface area contributed by atoms with Gasteiger partial charge in [0.15, 0.2) is 5.78 Å². The summed E-state index contributed by atoms with van der Waals surface area (Å²) in [5.74, 6) is 0.229. The van der Waals surface area contributed by atoms with E-state index in [0.717, 1.165) is 37.7 Å². The van der Waals surface area contributed by atoms with E-state index in [1.807, 2.05) is 18.2 Å². The van der Waals surface area contributed by atoms with E-state index >= 15 is 0 Å². The molecule has 21 heavy (non-hydrogen) atoms. The second kappa shape index (κ2) is 6.02. The Balaban J connectivity index is 2.06. The lowest BCUT2D eigenvalue weighted by atomic mass is 9.56. The number of Topliss-reactive ketones (excluding diaryl/α,β-unsaturated/α-hetero) is 1. The number of carbonyl (C=O) groups is 1. The maximum Gasteiger partial charge on any atom is 0.160 e. The molecule has 2 heteroatoms. The molecule has 0 aliphatic heterocycles. The number of carbonyl (C=O) groups excluding carboxylic acids is 1. The Kier molecular flexibility index (Phi) is 4.10. The van der Waals surface area contributed by atoms with Crippen LogP contribution in [0.2, 0.25) is 0 Å². The fraction of sp³-hybridized carbons (Fsp3) is 0.579. The molecule has 0 bridgehead atoms. The molecule has 0 spiro atoms. The molecule has 2 aliphatic rings. The van der Waals surface area contributed by atoms with Crippen molar-refractivity contribution in [2.24, 2.45) is 11.8 Å². The molecular weight excluding hydrogens is 258 g/mol. The molecule has 2 aliphatic carbocycles. The van der Waals surface area contributed by atoms with Crippen molar-refractivity contribution in [2.45, 2.75) is 56.8 Å². The van der Waals surface area contributed by atoms with Crippen molar-refractivity contribution in [3.05, 3.63) is 35.9 Å². The summed E-state index contributed by atoms with van der Waals surface area (Å²) in [7, 11) is 0. The van der Waals surface area contributed by atoms with Crippen molar-refractivity contribution >= 4 is 5.78 Å². The van der Waals surface area contributed by atoms with E-state index in [2.05, 4.69) is 18.2 Å². The smallest absolute Gasteiger partial charge is 0.160 e. The van der Waals surface area contributed by atoms with Crippen LogP contribution in [0, 0.1) is 23.2 Å². The van der Waals surface area contributed by atoms with Gasteiger partial charge in [-0.3, -0.25) is 4.79 Å². The quantitative estimate of drug-likeness (QED) is 0.806. The standard InChI is InChI=1S/C19H23NO/c20-14-15-8-7-13-19(18(15)21,16-9-3-1-4-10-16)17-11-5-2-6-12-17/h1,3-4,9-10,15,17H,2,5-8,11-13H2/t15-,19+/m0/s1. The van der Waals surface area contributed by atoms with E-state index in [1.54, 1.807) is 0 Å². The van der Waals surface area contributed by atoms with Crippen LogP contribution < -0.4 is 0 Å². The molecule has 0 aromatic heterocycles. The summed E-state index contributed by atoms with van der Waals surface area (Å²) in [5, 5.41) is 9.37. The predicted molar refractivity (Wildman–Crippen MR) is 82.7 cm³/mol. The first-order chi connectivity index (χ1) is 10.3. The molecule has 2 atom stereocenters. The van der Waals surface area contributed by atoms with Gasteiger partial charge in [0, 0.05) is 0 Å². The second-order valence-electron chi connectivity index (χ2n) is 6.61. The minimum absolute atomic E-state index is 0.203. The Morgan fingerprint density at radius 2 is 1.71 bits per heavy atom. The van der Waals surface area contributed by atoms with Crippen LogP contribution in [0.25, 0.3) is 0 Å². The lowest BCUT2D eigenvalue weighted by molar-refractivity contribution is -0.132. The molecule has 3 rings (SSSR count). The summed E-state index contributed by atoms with van der Waals surface area (Å²) >= 11 is 0. The lowest BCUT2D eigenvalue weighted by Gasteiger charge is -2.45. The first-order valence-electron chi connectivity index (χ1n) is 8.28. The van der Waals surface area contributed by atoms with Gasteiger partial charge in [0.25, 0.3) is 0 Å². The van der Waals surface area contributed by atoms with Gasteiger partial charge in [0.1, 0.15) is 5.92 Å². The third-order valence-corrected chi connectivity index (χ3v) is 5.57. The van der Waals surface area contributed by atoms with Crippen molar-refractivity contribution in [1.82, 2.24) is 0 Å². The van der Waals surface area contributed by atoms with Crippen molar-refractivity contribution < 1.29 is 4.79 Å². The summed E-state index contributed by atoms with van der Waals surface area (Å²) in [6, 6.07) is 12.5. The summed E-state index contributed by atoms with van der Waals surface area (Å²) < 4.78 is 0. The molecule has 110 valence electrons. The van der Waals surface area contributed by atoms with E-state index < -0.39 is 5.92 Å². The van der Waals surface area contributed by atoms with Crippen LogP contribution in [0.5, 0.6) is 0 Å². The molecule has 0 saturated heterocycles. The fourth-order valence-electron chi connectivity index (χ4n) is 4.53.